The standard InChI is InChI=1S/C15H20N2O2.C2H4/c1-16-9-7-14-13(16)8-10-17(14)15(18)19-11-12-5-3-2-4-6-12;1-2/h2-6,13-14H,7-11H2,1H3;1-2H2. The quantitative estimate of drug-likeness (QED) is 0.784. The number of carbonyl (C=O) groups excluding carboxylic acids is 1. The van der Waals surface area contributed by atoms with Crippen LogP contribution in [-0.2, 0) is 11.3 Å². The smallest absolute Gasteiger partial charge is 0.410 e. The van der Waals surface area contributed by atoms with Gasteiger partial charge in [-0.1, -0.05) is 30.3 Å². The minimum Gasteiger partial charge on any atom is -0.445 e. The second-order valence-corrected chi connectivity index (χ2v) is 5.43. The lowest BCUT2D eigenvalue weighted by Crippen LogP contribution is -2.39. The molecule has 0 bridgehead atoms. The van der Waals surface area contributed by atoms with Crippen molar-refractivity contribution in [2.75, 3.05) is 20.1 Å². The van der Waals surface area contributed by atoms with Crippen LogP contribution in [0.4, 0.5) is 4.79 Å². The van der Waals surface area contributed by atoms with Crippen LogP contribution in [0, 0.1) is 0 Å². The Morgan fingerprint density at radius 3 is 2.57 bits per heavy atom. The van der Waals surface area contributed by atoms with Crippen LogP contribution in [0.2, 0.25) is 0 Å². The molecule has 114 valence electrons. The monoisotopic (exact) mass is 288 g/mol. The van der Waals surface area contributed by atoms with E-state index in [0.717, 1.165) is 31.5 Å². The summed E-state index contributed by atoms with van der Waals surface area (Å²) in [5.74, 6) is 0. The molecule has 4 nitrogen and oxygen atoms in total. The molecule has 4 heteroatoms. The molecule has 21 heavy (non-hydrogen) atoms. The first-order valence-electron chi connectivity index (χ1n) is 7.43. The zero-order valence-corrected chi connectivity index (χ0v) is 12.7. The van der Waals surface area contributed by atoms with Crippen molar-refractivity contribution in [3.63, 3.8) is 0 Å². The third-order valence-corrected chi connectivity index (χ3v) is 4.29. The van der Waals surface area contributed by atoms with Gasteiger partial charge in [-0.15, -0.1) is 13.2 Å². The summed E-state index contributed by atoms with van der Waals surface area (Å²) in [5, 5.41) is 0. The van der Waals surface area contributed by atoms with Gasteiger partial charge in [0.15, 0.2) is 0 Å². The van der Waals surface area contributed by atoms with E-state index >= 15 is 0 Å². The Kier molecular flexibility index (Phi) is 5.39. The minimum absolute atomic E-state index is 0.161. The molecule has 1 aromatic carbocycles. The summed E-state index contributed by atoms with van der Waals surface area (Å²) in [6, 6.07) is 10.7. The fourth-order valence-electron chi connectivity index (χ4n) is 3.23. The van der Waals surface area contributed by atoms with E-state index in [2.05, 4.69) is 25.1 Å². The average molecular weight is 288 g/mol. The highest BCUT2D eigenvalue weighted by molar-refractivity contribution is 5.68. The van der Waals surface area contributed by atoms with E-state index in [4.69, 9.17) is 4.74 Å². The molecule has 2 unspecified atom stereocenters. The summed E-state index contributed by atoms with van der Waals surface area (Å²) in [6.45, 7) is 8.27. The molecule has 2 saturated heterocycles. The maximum atomic E-state index is 12.2. The Morgan fingerprint density at radius 1 is 1.19 bits per heavy atom. The van der Waals surface area contributed by atoms with Gasteiger partial charge in [0.05, 0.1) is 6.04 Å². The molecule has 0 aliphatic carbocycles. The molecule has 2 heterocycles. The van der Waals surface area contributed by atoms with Crippen LogP contribution in [0.25, 0.3) is 0 Å². The van der Waals surface area contributed by atoms with Crippen LogP contribution in [0.15, 0.2) is 43.5 Å². The van der Waals surface area contributed by atoms with Crippen molar-refractivity contribution >= 4 is 6.09 Å². The molecule has 3 rings (SSSR count). The minimum atomic E-state index is -0.161. The van der Waals surface area contributed by atoms with E-state index < -0.39 is 0 Å². The summed E-state index contributed by atoms with van der Waals surface area (Å²) in [6.07, 6.45) is 1.98. The summed E-state index contributed by atoms with van der Waals surface area (Å²) in [5.41, 5.74) is 1.04. The van der Waals surface area contributed by atoms with Gasteiger partial charge in [-0.25, -0.2) is 4.79 Å². The molecule has 0 N–H and O–H groups in total. The van der Waals surface area contributed by atoms with Crippen LogP contribution in [0.5, 0.6) is 0 Å². The predicted octanol–water partition coefficient (Wildman–Crippen LogP) is 2.90. The summed E-state index contributed by atoms with van der Waals surface area (Å²) >= 11 is 0. The van der Waals surface area contributed by atoms with E-state index in [1.165, 1.54) is 0 Å². The Hall–Kier alpha value is -1.81. The maximum absolute atomic E-state index is 12.2. The number of hydrogen-bond acceptors (Lipinski definition) is 3. The van der Waals surface area contributed by atoms with Crippen molar-refractivity contribution in [1.82, 2.24) is 9.80 Å². The van der Waals surface area contributed by atoms with Crippen molar-refractivity contribution < 1.29 is 9.53 Å². The second-order valence-electron chi connectivity index (χ2n) is 5.43. The van der Waals surface area contributed by atoms with E-state index in [0.29, 0.717) is 18.7 Å². The molecule has 2 aliphatic heterocycles. The second kappa shape index (κ2) is 7.27. The predicted molar refractivity (Wildman–Crippen MR) is 84.0 cm³/mol. The number of hydrogen-bond donors (Lipinski definition) is 0. The molecular formula is C17H24N2O2. The Bertz CT molecular complexity index is 463. The van der Waals surface area contributed by atoms with Gasteiger partial charge >= 0.3 is 6.09 Å². The molecule has 1 aromatic rings. The number of amides is 1. The first-order valence-corrected chi connectivity index (χ1v) is 7.43. The van der Waals surface area contributed by atoms with Gasteiger partial charge in [0.2, 0.25) is 0 Å². The van der Waals surface area contributed by atoms with Gasteiger partial charge in [-0.2, -0.15) is 0 Å². The van der Waals surface area contributed by atoms with E-state index in [-0.39, 0.29) is 6.09 Å². The van der Waals surface area contributed by atoms with Crippen LogP contribution < -0.4 is 0 Å². The fourth-order valence-corrected chi connectivity index (χ4v) is 3.23. The van der Waals surface area contributed by atoms with Crippen molar-refractivity contribution in [3.8, 4) is 0 Å². The van der Waals surface area contributed by atoms with Crippen LogP contribution in [-0.4, -0.2) is 48.1 Å². The van der Waals surface area contributed by atoms with Crippen molar-refractivity contribution in [2.45, 2.75) is 31.5 Å². The van der Waals surface area contributed by atoms with Crippen molar-refractivity contribution in [1.29, 1.82) is 0 Å². The molecule has 2 atom stereocenters. The number of fused-ring (bicyclic) bond motifs is 1. The van der Waals surface area contributed by atoms with Gasteiger partial charge in [0.25, 0.3) is 0 Å². The van der Waals surface area contributed by atoms with Gasteiger partial charge in [-0.3, -0.25) is 0 Å². The Labute approximate surface area is 127 Å². The summed E-state index contributed by atoms with van der Waals surface area (Å²) in [7, 11) is 2.14. The fraction of sp³-hybridized carbons (Fsp3) is 0.471. The highest BCUT2D eigenvalue weighted by atomic mass is 16.6. The third kappa shape index (κ3) is 3.45. The van der Waals surface area contributed by atoms with Crippen LogP contribution in [0.3, 0.4) is 0 Å². The number of benzene rings is 1. The van der Waals surface area contributed by atoms with Gasteiger partial charge in [-0.05, 0) is 25.5 Å². The molecule has 1 amide bonds. The molecule has 0 saturated carbocycles. The Balaban J connectivity index is 0.000000774. The van der Waals surface area contributed by atoms with E-state index in [9.17, 15) is 4.79 Å². The topological polar surface area (TPSA) is 32.8 Å². The lowest BCUT2D eigenvalue weighted by atomic mass is 10.1. The van der Waals surface area contributed by atoms with Gasteiger partial charge < -0.3 is 14.5 Å². The van der Waals surface area contributed by atoms with E-state index in [1.54, 1.807) is 0 Å². The summed E-state index contributed by atoms with van der Waals surface area (Å²) in [4.78, 5) is 16.4. The molecule has 2 fully saturated rings. The van der Waals surface area contributed by atoms with Gasteiger partial charge in [0.1, 0.15) is 6.61 Å². The molecular weight excluding hydrogens is 264 g/mol. The van der Waals surface area contributed by atoms with Crippen LogP contribution >= 0.6 is 0 Å². The van der Waals surface area contributed by atoms with Gasteiger partial charge in [0, 0.05) is 19.1 Å². The number of likely N-dealkylation sites (tertiary alicyclic amines) is 2. The molecule has 0 radical (unpaired) electrons. The first-order chi connectivity index (χ1) is 10.3. The number of nitrogens with zero attached hydrogens (tertiary/aromatic N) is 2. The lowest BCUT2D eigenvalue weighted by Gasteiger charge is -2.23. The first kappa shape index (κ1) is 15.6. The number of rotatable bonds is 2. The number of likely N-dealkylation sites (N-methyl/N-ethyl adjacent to an activating group) is 1. The molecule has 0 spiro atoms. The normalized spacial score (nSPS) is 24.1. The van der Waals surface area contributed by atoms with Crippen molar-refractivity contribution in [3.05, 3.63) is 49.1 Å². The van der Waals surface area contributed by atoms with Crippen LogP contribution in [0.1, 0.15) is 18.4 Å². The lowest BCUT2D eigenvalue weighted by molar-refractivity contribution is 0.0915. The molecule has 2 aliphatic rings. The number of ether oxygens (including phenoxy) is 1. The Morgan fingerprint density at radius 2 is 1.86 bits per heavy atom. The third-order valence-electron chi connectivity index (χ3n) is 4.29. The SMILES string of the molecule is C=C.CN1CCC2C1CCN2C(=O)OCc1ccccc1. The number of carbonyl (C=O) groups is 1. The van der Waals surface area contributed by atoms with E-state index in [1.807, 2.05) is 35.2 Å². The molecule has 0 aromatic heterocycles. The van der Waals surface area contributed by atoms with Crippen molar-refractivity contribution in [2.24, 2.45) is 0 Å². The summed E-state index contributed by atoms with van der Waals surface area (Å²) < 4.78 is 5.42. The highest BCUT2D eigenvalue weighted by Gasteiger charge is 2.43. The highest BCUT2D eigenvalue weighted by Crippen LogP contribution is 2.30. The average Bonchev–Trinajstić information content (AvgIpc) is 3.11. The largest absolute Gasteiger partial charge is 0.445 e. The zero-order chi connectivity index (χ0) is 15.2. The zero-order valence-electron chi connectivity index (χ0n) is 12.7. The maximum Gasteiger partial charge on any atom is 0.410 e.